The second-order valence-electron chi connectivity index (χ2n) is 15.0. The van der Waals surface area contributed by atoms with Crippen LogP contribution in [0, 0.1) is 51.2 Å². The van der Waals surface area contributed by atoms with Gasteiger partial charge < -0.3 is 4.74 Å². The van der Waals surface area contributed by atoms with Gasteiger partial charge in [0.15, 0.2) is 0 Å². The normalized spacial score (nSPS) is 40.0. The Hall–Kier alpha value is -1.57. The van der Waals surface area contributed by atoms with E-state index in [1.54, 1.807) is 0 Å². The molecule has 0 amide bonds. The third kappa shape index (κ3) is 4.06. The van der Waals surface area contributed by atoms with Gasteiger partial charge in [-0.1, -0.05) is 73.1 Å². The van der Waals surface area contributed by atoms with Crippen LogP contribution in [0.2, 0.25) is 0 Å². The van der Waals surface area contributed by atoms with Gasteiger partial charge in [0.05, 0.1) is 12.7 Å². The molecule has 37 heavy (non-hydrogen) atoms. The maximum Gasteiger partial charge on any atom is 0.337 e. The fourth-order valence-corrected chi connectivity index (χ4v) is 11.0. The van der Waals surface area contributed by atoms with E-state index in [1.165, 1.54) is 76.0 Å². The molecule has 0 saturated heterocycles. The lowest BCUT2D eigenvalue weighted by atomic mass is 9.36. The van der Waals surface area contributed by atoms with Crippen LogP contribution in [-0.2, 0) is 4.74 Å². The molecule has 0 aliphatic heterocycles. The number of esters is 1. The predicted molar refractivity (Wildman–Crippen MR) is 154 cm³/mol. The van der Waals surface area contributed by atoms with Crippen LogP contribution >= 0.6 is 0 Å². The van der Waals surface area contributed by atoms with E-state index in [9.17, 15) is 4.79 Å². The molecule has 4 aliphatic rings. The van der Waals surface area contributed by atoms with Gasteiger partial charge in [0.1, 0.15) is 0 Å². The van der Waals surface area contributed by atoms with E-state index in [0.717, 1.165) is 23.7 Å². The van der Waals surface area contributed by atoms with Crippen molar-refractivity contribution in [3.63, 3.8) is 0 Å². The summed E-state index contributed by atoms with van der Waals surface area (Å²) in [5.74, 6) is 4.00. The Morgan fingerprint density at radius 1 is 0.892 bits per heavy atom. The Kier molecular flexibility index (Phi) is 6.77. The standard InChI is InChI=1S/C35H52O2/c1-9-10-27-25-15-16-30-34(6,28(25)17-20-32(27,2)3)22-19-29-33(4,5)26(18-21-35(29,30)7)23-11-13-24(14-12-23)31(36)37-8/h11-14,18,25,27-30H,9-10,15-17,19-22H2,1-8H3/t25-,27?,28?,29?,30?,34+,35+/m1/s1. The van der Waals surface area contributed by atoms with Crippen LogP contribution in [0.3, 0.4) is 0 Å². The first-order valence-electron chi connectivity index (χ1n) is 15.3. The smallest absolute Gasteiger partial charge is 0.337 e. The first-order valence-corrected chi connectivity index (χ1v) is 15.3. The number of hydrogen-bond donors (Lipinski definition) is 0. The van der Waals surface area contributed by atoms with Gasteiger partial charge in [-0.15, -0.1) is 0 Å². The quantitative estimate of drug-likeness (QED) is 0.382. The molecule has 0 heterocycles. The minimum absolute atomic E-state index is 0.122. The van der Waals surface area contributed by atoms with Crippen molar-refractivity contribution in [2.45, 2.75) is 106 Å². The highest BCUT2D eigenvalue weighted by Crippen LogP contribution is 2.72. The van der Waals surface area contributed by atoms with Gasteiger partial charge >= 0.3 is 5.97 Å². The Labute approximate surface area is 227 Å². The first-order chi connectivity index (χ1) is 17.4. The average Bonchev–Trinajstić information content (AvgIpc) is 2.84. The summed E-state index contributed by atoms with van der Waals surface area (Å²) in [6.07, 6.45) is 15.0. The van der Waals surface area contributed by atoms with Gasteiger partial charge in [0.25, 0.3) is 0 Å². The van der Waals surface area contributed by atoms with Gasteiger partial charge in [0.2, 0.25) is 0 Å². The summed E-state index contributed by atoms with van der Waals surface area (Å²) >= 11 is 0. The number of methoxy groups -OCH3 is 1. The summed E-state index contributed by atoms with van der Waals surface area (Å²) in [4.78, 5) is 12.0. The maximum atomic E-state index is 12.0. The van der Waals surface area contributed by atoms with Crippen LogP contribution in [-0.4, -0.2) is 13.1 Å². The third-order valence-corrected chi connectivity index (χ3v) is 12.7. The Bertz CT molecular complexity index is 1050. The van der Waals surface area contributed by atoms with Gasteiger partial charge in [-0.25, -0.2) is 4.79 Å². The number of hydrogen-bond acceptors (Lipinski definition) is 2. The second-order valence-corrected chi connectivity index (χ2v) is 15.0. The van der Waals surface area contributed by atoms with Crippen molar-refractivity contribution in [2.75, 3.05) is 7.11 Å². The van der Waals surface area contributed by atoms with Crippen LogP contribution in [0.25, 0.3) is 5.57 Å². The largest absolute Gasteiger partial charge is 0.465 e. The van der Waals surface area contributed by atoms with Crippen molar-refractivity contribution in [2.24, 2.45) is 51.2 Å². The number of rotatable bonds is 4. The summed E-state index contributed by atoms with van der Waals surface area (Å²) in [5, 5.41) is 0. The molecule has 4 unspecified atom stereocenters. The maximum absolute atomic E-state index is 12.0. The van der Waals surface area contributed by atoms with Gasteiger partial charge in [0, 0.05) is 0 Å². The highest BCUT2D eigenvalue weighted by Gasteiger charge is 2.64. The molecular weight excluding hydrogens is 452 g/mol. The van der Waals surface area contributed by atoms with E-state index >= 15 is 0 Å². The molecule has 1 aromatic carbocycles. The zero-order valence-corrected chi connectivity index (χ0v) is 25.0. The van der Waals surface area contributed by atoms with Crippen molar-refractivity contribution in [1.29, 1.82) is 0 Å². The molecule has 4 aliphatic carbocycles. The molecule has 0 spiro atoms. The van der Waals surface area contributed by atoms with Gasteiger partial charge in [-0.2, -0.15) is 0 Å². The highest BCUT2D eigenvalue weighted by molar-refractivity contribution is 5.89. The van der Waals surface area contributed by atoms with Crippen LogP contribution in [0.4, 0.5) is 0 Å². The third-order valence-electron chi connectivity index (χ3n) is 12.7. The summed E-state index contributed by atoms with van der Waals surface area (Å²) in [6.45, 7) is 18.0. The summed E-state index contributed by atoms with van der Waals surface area (Å²) in [6, 6.07) is 8.14. The fourth-order valence-electron chi connectivity index (χ4n) is 11.0. The molecule has 0 aromatic heterocycles. The minimum Gasteiger partial charge on any atom is -0.465 e. The zero-order chi connectivity index (χ0) is 26.8. The van der Waals surface area contributed by atoms with E-state index in [2.05, 4.69) is 66.7 Å². The number of carbonyl (C=O) groups excluding carboxylic acids is 1. The van der Waals surface area contributed by atoms with Crippen molar-refractivity contribution >= 4 is 11.5 Å². The average molecular weight is 505 g/mol. The van der Waals surface area contributed by atoms with Crippen molar-refractivity contribution in [3.05, 3.63) is 41.5 Å². The highest BCUT2D eigenvalue weighted by atomic mass is 16.5. The lowest BCUT2D eigenvalue weighted by molar-refractivity contribution is -0.179. The molecule has 3 saturated carbocycles. The minimum atomic E-state index is -0.259. The number of benzene rings is 1. The van der Waals surface area contributed by atoms with Gasteiger partial charge in [-0.05, 0) is 126 Å². The molecule has 3 fully saturated rings. The van der Waals surface area contributed by atoms with Crippen molar-refractivity contribution < 1.29 is 9.53 Å². The second kappa shape index (κ2) is 9.27. The van der Waals surface area contributed by atoms with Crippen LogP contribution in [0.5, 0.6) is 0 Å². The first kappa shape index (κ1) is 27.0. The van der Waals surface area contributed by atoms with Crippen LogP contribution in [0.1, 0.15) is 122 Å². The number of carbonyl (C=O) groups is 1. The van der Waals surface area contributed by atoms with Crippen molar-refractivity contribution in [1.82, 2.24) is 0 Å². The Morgan fingerprint density at radius 3 is 2.24 bits per heavy atom. The predicted octanol–water partition coefficient (Wildman–Crippen LogP) is 9.59. The molecule has 5 rings (SSSR count). The van der Waals surface area contributed by atoms with E-state index in [1.807, 2.05) is 12.1 Å². The topological polar surface area (TPSA) is 26.3 Å². The molecule has 0 radical (unpaired) electrons. The SMILES string of the molecule is CCCC1[C@H]2CCC3[C@@](C)(CCC4C(C)(C)C(c5ccc(C(=O)OC)cc5)=CC[C@@]43C)C2CCC1(C)C. The number of fused-ring (bicyclic) bond motifs is 5. The molecule has 2 heteroatoms. The molecular formula is C35H52O2. The summed E-state index contributed by atoms with van der Waals surface area (Å²) < 4.78 is 4.92. The summed E-state index contributed by atoms with van der Waals surface area (Å²) in [7, 11) is 1.45. The molecule has 0 bridgehead atoms. The molecule has 0 N–H and O–H groups in total. The monoisotopic (exact) mass is 504 g/mol. The van der Waals surface area contributed by atoms with E-state index in [4.69, 9.17) is 4.74 Å². The molecule has 1 aromatic rings. The molecule has 2 nitrogen and oxygen atoms in total. The van der Waals surface area contributed by atoms with E-state index < -0.39 is 0 Å². The van der Waals surface area contributed by atoms with Crippen LogP contribution < -0.4 is 0 Å². The molecule has 7 atom stereocenters. The zero-order valence-electron chi connectivity index (χ0n) is 25.0. The number of allylic oxidation sites excluding steroid dienone is 2. The Balaban J connectivity index is 1.46. The van der Waals surface area contributed by atoms with E-state index in [-0.39, 0.29) is 11.4 Å². The lowest BCUT2D eigenvalue weighted by Crippen LogP contribution is -2.61. The van der Waals surface area contributed by atoms with Crippen LogP contribution in [0.15, 0.2) is 30.3 Å². The van der Waals surface area contributed by atoms with Crippen molar-refractivity contribution in [3.8, 4) is 0 Å². The fraction of sp³-hybridized carbons (Fsp3) is 0.743. The summed E-state index contributed by atoms with van der Waals surface area (Å²) in [5.41, 5.74) is 4.86. The van der Waals surface area contributed by atoms with E-state index in [0.29, 0.717) is 27.7 Å². The lowest BCUT2D eigenvalue weighted by Gasteiger charge is -2.68. The molecule has 204 valence electrons. The number of ether oxygens (including phenoxy) is 1. The Morgan fingerprint density at radius 2 is 1.59 bits per heavy atom. The van der Waals surface area contributed by atoms with Gasteiger partial charge in [-0.3, -0.25) is 0 Å².